The number of benzene rings is 1. The van der Waals surface area contributed by atoms with Gasteiger partial charge in [-0.05, 0) is 29.8 Å². The molecule has 0 aliphatic rings. The monoisotopic (exact) mass is 442 g/mol. The van der Waals surface area contributed by atoms with Crippen LogP contribution >= 0.6 is 34.5 Å². The number of halogens is 2. The molecule has 138 valence electrons. The molecular weight excluding hydrogens is 427 g/mol. The molecular formula is C14H16Cl2N2O4S3. The summed E-state index contributed by atoms with van der Waals surface area (Å²) in [5.74, 6) is -0.252. The van der Waals surface area contributed by atoms with E-state index in [9.17, 15) is 16.8 Å². The van der Waals surface area contributed by atoms with Gasteiger partial charge in [-0.15, -0.1) is 11.3 Å². The van der Waals surface area contributed by atoms with Gasteiger partial charge in [-0.1, -0.05) is 29.3 Å². The number of sulfonamides is 2. The highest BCUT2D eigenvalue weighted by atomic mass is 35.5. The van der Waals surface area contributed by atoms with E-state index in [1.807, 2.05) is 0 Å². The molecule has 0 saturated carbocycles. The Kier molecular flexibility index (Phi) is 6.53. The average Bonchev–Trinajstić information content (AvgIpc) is 2.98. The molecule has 0 aliphatic heterocycles. The molecule has 1 aromatic heterocycles. The Labute approximate surface area is 161 Å². The van der Waals surface area contributed by atoms with Crippen molar-refractivity contribution in [2.75, 3.05) is 14.1 Å². The van der Waals surface area contributed by atoms with Crippen molar-refractivity contribution in [3.8, 4) is 0 Å². The molecule has 1 N–H and O–H groups in total. The van der Waals surface area contributed by atoms with Crippen LogP contribution in [0.5, 0.6) is 0 Å². The van der Waals surface area contributed by atoms with Gasteiger partial charge in [-0.2, -0.15) is 0 Å². The zero-order valence-electron chi connectivity index (χ0n) is 13.4. The fourth-order valence-electron chi connectivity index (χ4n) is 1.85. The summed E-state index contributed by atoms with van der Waals surface area (Å²) in [6.07, 6.45) is 0. The second kappa shape index (κ2) is 7.91. The lowest BCUT2D eigenvalue weighted by Gasteiger charge is -2.08. The minimum absolute atomic E-state index is 0.0112. The summed E-state index contributed by atoms with van der Waals surface area (Å²) >= 11 is 12.7. The van der Waals surface area contributed by atoms with E-state index in [-0.39, 0.29) is 21.5 Å². The van der Waals surface area contributed by atoms with E-state index in [4.69, 9.17) is 23.2 Å². The van der Waals surface area contributed by atoms with Gasteiger partial charge in [0.05, 0.1) is 15.8 Å². The Bertz CT molecular complexity index is 970. The lowest BCUT2D eigenvalue weighted by molar-refractivity contribution is 0.523. The molecule has 0 unspecified atom stereocenters. The molecule has 0 spiro atoms. The summed E-state index contributed by atoms with van der Waals surface area (Å²) in [5.41, 5.74) is 0.504. The number of nitrogens with zero attached hydrogens (tertiary/aromatic N) is 1. The SMILES string of the molecule is CN(C)S(=O)(=O)c1ccc(CNS(=O)(=O)Cc2ccc(Cl)c(Cl)c2)s1. The summed E-state index contributed by atoms with van der Waals surface area (Å²) in [5, 5.41) is 0.634. The molecule has 6 nitrogen and oxygen atoms in total. The van der Waals surface area contributed by atoms with E-state index >= 15 is 0 Å². The van der Waals surface area contributed by atoms with Crippen LogP contribution in [0.2, 0.25) is 10.0 Å². The van der Waals surface area contributed by atoms with Gasteiger partial charge in [-0.25, -0.2) is 25.9 Å². The van der Waals surface area contributed by atoms with Crippen molar-refractivity contribution in [2.45, 2.75) is 16.5 Å². The number of hydrogen-bond donors (Lipinski definition) is 1. The fourth-order valence-corrected chi connectivity index (χ4v) is 5.83. The van der Waals surface area contributed by atoms with Gasteiger partial charge >= 0.3 is 0 Å². The van der Waals surface area contributed by atoms with Crippen LogP contribution in [0.25, 0.3) is 0 Å². The minimum Gasteiger partial charge on any atom is -0.212 e. The smallest absolute Gasteiger partial charge is 0.212 e. The number of thiophene rings is 1. The Morgan fingerprint density at radius 2 is 1.72 bits per heavy atom. The molecule has 0 fully saturated rings. The zero-order chi connectivity index (χ0) is 18.8. The molecule has 25 heavy (non-hydrogen) atoms. The largest absolute Gasteiger partial charge is 0.252 e. The summed E-state index contributed by atoms with van der Waals surface area (Å²) in [6.45, 7) is 0.0112. The predicted molar refractivity (Wildman–Crippen MR) is 101 cm³/mol. The number of nitrogens with one attached hydrogen (secondary N) is 1. The highest BCUT2D eigenvalue weighted by molar-refractivity contribution is 7.91. The first-order valence-corrected chi connectivity index (χ1v) is 11.6. The Hall–Kier alpha value is -0.680. The van der Waals surface area contributed by atoms with Crippen LogP contribution in [-0.2, 0) is 32.3 Å². The molecule has 0 radical (unpaired) electrons. The molecule has 2 aromatic rings. The summed E-state index contributed by atoms with van der Waals surface area (Å²) in [6, 6.07) is 7.66. The summed E-state index contributed by atoms with van der Waals surface area (Å²) in [4.78, 5) is 0.595. The van der Waals surface area contributed by atoms with Crippen molar-refractivity contribution in [2.24, 2.45) is 0 Å². The first kappa shape index (κ1) is 20.6. The Balaban J connectivity index is 2.05. The van der Waals surface area contributed by atoms with E-state index < -0.39 is 20.0 Å². The van der Waals surface area contributed by atoms with Crippen LogP contribution in [0, 0.1) is 0 Å². The van der Waals surface area contributed by atoms with Crippen LogP contribution in [-0.4, -0.2) is 35.2 Å². The predicted octanol–water partition coefficient (Wildman–Crippen LogP) is 2.92. The highest BCUT2D eigenvalue weighted by Gasteiger charge is 2.20. The van der Waals surface area contributed by atoms with Crippen molar-refractivity contribution in [3.05, 3.63) is 50.8 Å². The van der Waals surface area contributed by atoms with Crippen LogP contribution in [0.1, 0.15) is 10.4 Å². The molecule has 0 amide bonds. The van der Waals surface area contributed by atoms with Crippen LogP contribution in [0.15, 0.2) is 34.5 Å². The molecule has 2 rings (SSSR count). The van der Waals surface area contributed by atoms with Gasteiger partial charge in [-0.3, -0.25) is 0 Å². The van der Waals surface area contributed by atoms with Gasteiger partial charge < -0.3 is 0 Å². The standard InChI is InChI=1S/C14H16Cl2N2O4S3/c1-18(2)25(21,22)14-6-4-11(23-14)8-17-24(19,20)9-10-3-5-12(15)13(16)7-10/h3-7,17H,8-9H2,1-2H3. The Morgan fingerprint density at radius 1 is 1.04 bits per heavy atom. The highest BCUT2D eigenvalue weighted by Crippen LogP contribution is 2.25. The summed E-state index contributed by atoms with van der Waals surface area (Å²) < 4.78 is 52.1. The van der Waals surface area contributed by atoms with Crippen molar-refractivity contribution >= 4 is 54.6 Å². The molecule has 0 atom stereocenters. The lowest BCUT2D eigenvalue weighted by atomic mass is 10.2. The fraction of sp³-hybridized carbons (Fsp3) is 0.286. The first-order valence-electron chi connectivity index (χ1n) is 6.94. The van der Waals surface area contributed by atoms with Crippen molar-refractivity contribution < 1.29 is 16.8 Å². The van der Waals surface area contributed by atoms with Crippen molar-refractivity contribution in [1.29, 1.82) is 0 Å². The molecule has 1 heterocycles. The van der Waals surface area contributed by atoms with E-state index in [1.165, 1.54) is 32.3 Å². The molecule has 11 heteroatoms. The molecule has 0 bridgehead atoms. The first-order chi connectivity index (χ1) is 11.5. The average molecular weight is 443 g/mol. The second-order valence-electron chi connectivity index (χ2n) is 5.34. The number of hydrogen-bond acceptors (Lipinski definition) is 5. The van der Waals surface area contributed by atoms with Gasteiger partial charge in [0, 0.05) is 25.5 Å². The van der Waals surface area contributed by atoms with Gasteiger partial charge in [0.25, 0.3) is 10.0 Å². The van der Waals surface area contributed by atoms with Crippen LogP contribution in [0.3, 0.4) is 0 Å². The summed E-state index contributed by atoms with van der Waals surface area (Å²) in [7, 11) is -4.25. The quantitative estimate of drug-likeness (QED) is 0.713. The molecule has 1 aromatic carbocycles. The van der Waals surface area contributed by atoms with Crippen LogP contribution < -0.4 is 4.72 Å². The van der Waals surface area contributed by atoms with Crippen molar-refractivity contribution in [1.82, 2.24) is 9.03 Å². The van der Waals surface area contributed by atoms with E-state index in [0.717, 1.165) is 15.6 Å². The third kappa shape index (κ3) is 5.40. The van der Waals surface area contributed by atoms with Gasteiger partial charge in [0.1, 0.15) is 4.21 Å². The third-order valence-corrected chi connectivity index (χ3v) is 8.58. The maximum absolute atomic E-state index is 12.2. The molecule has 0 saturated heterocycles. The van der Waals surface area contributed by atoms with E-state index in [1.54, 1.807) is 12.1 Å². The lowest BCUT2D eigenvalue weighted by Crippen LogP contribution is -2.24. The normalized spacial score (nSPS) is 12.7. The van der Waals surface area contributed by atoms with Gasteiger partial charge in [0.2, 0.25) is 10.0 Å². The maximum atomic E-state index is 12.2. The minimum atomic E-state index is -3.61. The zero-order valence-corrected chi connectivity index (χ0v) is 17.3. The van der Waals surface area contributed by atoms with Crippen molar-refractivity contribution in [3.63, 3.8) is 0 Å². The molecule has 0 aliphatic carbocycles. The Morgan fingerprint density at radius 3 is 2.32 bits per heavy atom. The second-order valence-corrected chi connectivity index (χ2v) is 11.5. The van der Waals surface area contributed by atoms with Crippen LogP contribution in [0.4, 0.5) is 0 Å². The number of rotatable bonds is 7. The van der Waals surface area contributed by atoms with E-state index in [0.29, 0.717) is 15.5 Å². The van der Waals surface area contributed by atoms with Gasteiger partial charge in [0.15, 0.2) is 0 Å². The van der Waals surface area contributed by atoms with E-state index in [2.05, 4.69) is 4.72 Å². The topological polar surface area (TPSA) is 83.6 Å². The third-order valence-electron chi connectivity index (χ3n) is 3.18. The maximum Gasteiger partial charge on any atom is 0.252 e.